The third kappa shape index (κ3) is 2.31. The molecule has 1 unspecified atom stereocenters. The smallest absolute Gasteiger partial charge is 0.273 e. The molecule has 6 nitrogen and oxygen atoms in total. The Morgan fingerprint density at radius 3 is 2.78 bits per heavy atom. The topological polar surface area (TPSA) is 83.7 Å². The zero-order valence-corrected chi connectivity index (χ0v) is 11.0. The minimum atomic E-state index is -0.587. The third-order valence-corrected chi connectivity index (χ3v) is 3.80. The predicted molar refractivity (Wildman–Crippen MR) is 69.0 cm³/mol. The number of halogens is 1. The van der Waals surface area contributed by atoms with E-state index in [0.717, 1.165) is 6.07 Å². The van der Waals surface area contributed by atoms with E-state index in [1.54, 1.807) is 0 Å². The van der Waals surface area contributed by atoms with Gasteiger partial charge in [0, 0.05) is 24.4 Å². The summed E-state index contributed by atoms with van der Waals surface area (Å²) in [5, 5.41) is 21.0. The first-order valence-corrected chi connectivity index (χ1v) is 6.48. The average molecular weight is 315 g/mol. The number of phenolic OH excluding ortho intramolecular Hbond substituents is 1. The lowest BCUT2D eigenvalue weighted by molar-refractivity contribution is -0.384. The van der Waals surface area contributed by atoms with E-state index in [2.05, 4.69) is 15.9 Å². The molecule has 18 heavy (non-hydrogen) atoms. The van der Waals surface area contributed by atoms with E-state index in [9.17, 15) is 20.0 Å². The van der Waals surface area contributed by atoms with Gasteiger partial charge in [-0.05, 0) is 12.0 Å². The molecule has 1 heterocycles. The Labute approximate surface area is 111 Å². The Morgan fingerprint density at radius 2 is 2.28 bits per heavy atom. The Balaban J connectivity index is 2.29. The van der Waals surface area contributed by atoms with Crippen molar-refractivity contribution in [1.29, 1.82) is 0 Å². The molecule has 1 N–H and O–H groups in total. The SMILES string of the molecule is O=C1CC(CBr)CN1c1ccc([N+](=O)[O-])cc1O. The quantitative estimate of drug-likeness (QED) is 0.525. The van der Waals surface area contributed by atoms with Crippen molar-refractivity contribution in [3.63, 3.8) is 0 Å². The summed E-state index contributed by atoms with van der Waals surface area (Å²) in [5.74, 6) is -0.122. The summed E-state index contributed by atoms with van der Waals surface area (Å²) in [5.41, 5.74) is 0.133. The molecule has 1 amide bonds. The number of nitro benzene ring substituents is 1. The first-order valence-electron chi connectivity index (χ1n) is 5.36. The van der Waals surface area contributed by atoms with Gasteiger partial charge in [0.1, 0.15) is 5.75 Å². The van der Waals surface area contributed by atoms with Gasteiger partial charge in [-0.3, -0.25) is 14.9 Å². The molecule has 7 heteroatoms. The van der Waals surface area contributed by atoms with Crippen molar-refractivity contribution in [3.05, 3.63) is 28.3 Å². The van der Waals surface area contributed by atoms with Crippen molar-refractivity contribution in [1.82, 2.24) is 0 Å². The Kier molecular flexibility index (Phi) is 3.51. The van der Waals surface area contributed by atoms with E-state index < -0.39 is 4.92 Å². The predicted octanol–water partition coefficient (Wildman–Crippen LogP) is 2.05. The van der Waals surface area contributed by atoms with E-state index >= 15 is 0 Å². The second-order valence-corrected chi connectivity index (χ2v) is 4.81. The molecular formula is C11H11BrN2O4. The first kappa shape index (κ1) is 12.8. The molecule has 1 saturated heterocycles. The van der Waals surface area contributed by atoms with Gasteiger partial charge in [-0.2, -0.15) is 0 Å². The van der Waals surface area contributed by atoms with Gasteiger partial charge in [-0.25, -0.2) is 0 Å². The van der Waals surface area contributed by atoms with E-state index in [0.29, 0.717) is 24.0 Å². The van der Waals surface area contributed by atoms with Crippen LogP contribution in [-0.2, 0) is 4.79 Å². The number of phenols is 1. The fourth-order valence-electron chi connectivity index (χ4n) is 1.97. The number of hydrogen-bond acceptors (Lipinski definition) is 4. The number of alkyl halides is 1. The highest BCUT2D eigenvalue weighted by atomic mass is 79.9. The minimum absolute atomic E-state index is 0.0800. The maximum atomic E-state index is 11.8. The second kappa shape index (κ2) is 4.93. The van der Waals surface area contributed by atoms with Crippen LogP contribution in [0.15, 0.2) is 18.2 Å². The number of carbonyl (C=O) groups is 1. The number of rotatable bonds is 3. The molecule has 1 aromatic carbocycles. The highest BCUT2D eigenvalue weighted by Gasteiger charge is 2.31. The number of benzene rings is 1. The Morgan fingerprint density at radius 1 is 1.56 bits per heavy atom. The van der Waals surface area contributed by atoms with Crippen LogP contribution in [0.1, 0.15) is 6.42 Å². The van der Waals surface area contributed by atoms with Gasteiger partial charge in [0.25, 0.3) is 5.69 Å². The van der Waals surface area contributed by atoms with Crippen molar-refractivity contribution in [2.24, 2.45) is 5.92 Å². The summed E-state index contributed by atoms with van der Waals surface area (Å²) < 4.78 is 0. The fraction of sp³-hybridized carbons (Fsp3) is 0.364. The van der Waals surface area contributed by atoms with Crippen molar-refractivity contribution < 1.29 is 14.8 Å². The summed E-state index contributed by atoms with van der Waals surface area (Å²) in [6.07, 6.45) is 0.418. The van der Waals surface area contributed by atoms with Crippen LogP contribution in [-0.4, -0.2) is 27.8 Å². The molecular weight excluding hydrogens is 304 g/mol. The zero-order chi connectivity index (χ0) is 13.3. The van der Waals surface area contributed by atoms with E-state index in [1.165, 1.54) is 17.0 Å². The third-order valence-electron chi connectivity index (χ3n) is 2.88. The van der Waals surface area contributed by atoms with Crippen LogP contribution in [0, 0.1) is 16.0 Å². The molecule has 0 aliphatic carbocycles. The van der Waals surface area contributed by atoms with E-state index in [4.69, 9.17) is 0 Å². The van der Waals surface area contributed by atoms with Crippen molar-refractivity contribution in [2.45, 2.75) is 6.42 Å². The molecule has 96 valence electrons. The summed E-state index contributed by atoms with van der Waals surface area (Å²) in [6, 6.07) is 3.75. The van der Waals surface area contributed by atoms with Gasteiger partial charge < -0.3 is 10.0 Å². The number of anilines is 1. The summed E-state index contributed by atoms with van der Waals surface area (Å²) >= 11 is 3.32. The van der Waals surface area contributed by atoms with Gasteiger partial charge in [0.2, 0.25) is 5.91 Å². The summed E-state index contributed by atoms with van der Waals surface area (Å²) in [4.78, 5) is 23.2. The molecule has 1 aliphatic heterocycles. The number of aromatic hydroxyl groups is 1. The minimum Gasteiger partial charge on any atom is -0.505 e. The van der Waals surface area contributed by atoms with E-state index in [1.807, 2.05) is 0 Å². The lowest BCUT2D eigenvalue weighted by Crippen LogP contribution is -2.24. The highest BCUT2D eigenvalue weighted by Crippen LogP contribution is 2.35. The lowest BCUT2D eigenvalue weighted by Gasteiger charge is -2.17. The van der Waals surface area contributed by atoms with Crippen LogP contribution in [0.5, 0.6) is 5.75 Å². The molecule has 1 fully saturated rings. The molecule has 1 aliphatic rings. The van der Waals surface area contributed by atoms with Gasteiger partial charge in [0.15, 0.2) is 0 Å². The normalized spacial score (nSPS) is 19.3. The maximum absolute atomic E-state index is 11.8. The number of carbonyl (C=O) groups excluding carboxylic acids is 1. The number of nitro groups is 1. The van der Waals surface area contributed by atoms with Gasteiger partial charge in [-0.15, -0.1) is 0 Å². The van der Waals surface area contributed by atoms with Crippen molar-refractivity contribution in [3.8, 4) is 5.75 Å². The summed E-state index contributed by atoms with van der Waals surface area (Å²) in [6.45, 7) is 0.509. The van der Waals surface area contributed by atoms with Crippen LogP contribution in [0.2, 0.25) is 0 Å². The first-order chi connectivity index (χ1) is 8.52. The van der Waals surface area contributed by atoms with Crippen LogP contribution >= 0.6 is 15.9 Å². The standard InChI is InChI=1S/C11H11BrN2O4/c12-5-7-3-11(16)13(6-7)9-2-1-8(14(17)18)4-10(9)15/h1-2,4,7,15H,3,5-6H2. The number of non-ortho nitro benzene ring substituents is 1. The van der Waals surface area contributed by atoms with Gasteiger partial charge in [-0.1, -0.05) is 15.9 Å². The van der Waals surface area contributed by atoms with Crippen LogP contribution in [0.3, 0.4) is 0 Å². The van der Waals surface area contributed by atoms with Crippen molar-refractivity contribution in [2.75, 3.05) is 16.8 Å². The summed E-state index contributed by atoms with van der Waals surface area (Å²) in [7, 11) is 0. The monoisotopic (exact) mass is 314 g/mol. The van der Waals surface area contributed by atoms with Gasteiger partial charge >= 0.3 is 0 Å². The Bertz CT molecular complexity index is 506. The van der Waals surface area contributed by atoms with Crippen molar-refractivity contribution >= 4 is 33.2 Å². The fourth-order valence-corrected chi connectivity index (χ4v) is 2.41. The zero-order valence-electron chi connectivity index (χ0n) is 9.38. The van der Waals surface area contributed by atoms with Crippen LogP contribution in [0.4, 0.5) is 11.4 Å². The molecule has 0 saturated carbocycles. The molecule has 0 radical (unpaired) electrons. The van der Waals surface area contributed by atoms with E-state index in [-0.39, 0.29) is 23.3 Å². The van der Waals surface area contributed by atoms with Crippen LogP contribution in [0.25, 0.3) is 0 Å². The Hall–Kier alpha value is -1.63. The molecule has 0 spiro atoms. The molecule has 0 bridgehead atoms. The highest BCUT2D eigenvalue weighted by molar-refractivity contribution is 9.09. The number of nitrogens with zero attached hydrogens (tertiary/aromatic N) is 2. The van der Waals surface area contributed by atoms with Gasteiger partial charge in [0.05, 0.1) is 16.7 Å². The second-order valence-electron chi connectivity index (χ2n) is 4.16. The average Bonchev–Trinajstić information content (AvgIpc) is 2.70. The lowest BCUT2D eigenvalue weighted by atomic mass is 10.2. The molecule has 1 atom stereocenters. The maximum Gasteiger partial charge on any atom is 0.273 e. The largest absolute Gasteiger partial charge is 0.505 e. The molecule has 0 aromatic heterocycles. The molecule has 1 aromatic rings. The number of hydrogen-bond donors (Lipinski definition) is 1. The molecule has 2 rings (SSSR count). The number of amides is 1. The van der Waals surface area contributed by atoms with Crippen LogP contribution < -0.4 is 4.90 Å².